The number of carboxylic acid groups (broad SMARTS) is 1. The van der Waals surface area contributed by atoms with E-state index in [-0.39, 0.29) is 25.9 Å². The minimum absolute atomic E-state index is 0.119. The normalized spacial score (nSPS) is 11.3. The average Bonchev–Trinajstić information content (AvgIpc) is 2.39. The number of amides is 3. The summed E-state index contributed by atoms with van der Waals surface area (Å²) in [5.74, 6) is -2.56. The molecule has 3 amide bonds. The second kappa shape index (κ2) is 8.73. The summed E-state index contributed by atoms with van der Waals surface area (Å²) < 4.78 is 4.43. The van der Waals surface area contributed by atoms with E-state index < -0.39 is 29.9 Å². The van der Waals surface area contributed by atoms with Crippen molar-refractivity contribution in [2.45, 2.75) is 25.8 Å². The highest BCUT2D eigenvalue weighted by Crippen LogP contribution is 2.00. The van der Waals surface area contributed by atoms with Crippen molar-refractivity contribution in [3.8, 4) is 0 Å². The fourth-order valence-electron chi connectivity index (χ4n) is 1.33. The lowest BCUT2D eigenvalue weighted by molar-refractivity contribution is -0.141. The highest BCUT2D eigenvalue weighted by Gasteiger charge is 2.24. The maximum Gasteiger partial charge on any atom is 0.326 e. The average molecular weight is 289 g/mol. The zero-order valence-corrected chi connectivity index (χ0v) is 11.4. The van der Waals surface area contributed by atoms with Gasteiger partial charge in [-0.1, -0.05) is 0 Å². The largest absolute Gasteiger partial charge is 0.480 e. The zero-order valence-electron chi connectivity index (χ0n) is 11.4. The summed E-state index contributed by atoms with van der Waals surface area (Å²) in [5, 5.41) is 11.2. The molecular formula is C11H19N3O6. The molecule has 0 spiro atoms. The van der Waals surface area contributed by atoms with Crippen LogP contribution in [0.1, 0.15) is 19.8 Å². The summed E-state index contributed by atoms with van der Waals surface area (Å²) in [7, 11) is 1.18. The van der Waals surface area contributed by atoms with Gasteiger partial charge in [0.2, 0.25) is 5.91 Å². The quantitative estimate of drug-likeness (QED) is 0.485. The Morgan fingerprint density at radius 1 is 1.35 bits per heavy atom. The van der Waals surface area contributed by atoms with Crippen LogP contribution in [0, 0.1) is 0 Å². The van der Waals surface area contributed by atoms with E-state index >= 15 is 0 Å². The van der Waals surface area contributed by atoms with E-state index in [2.05, 4.69) is 10.1 Å². The molecule has 0 bridgehead atoms. The SMILES string of the molecule is CCN(CC(=O)OC)C(=O)N[C@@H](CCC(N)=O)C(=O)O. The third-order valence-electron chi connectivity index (χ3n) is 2.49. The molecule has 0 aliphatic carbocycles. The third-order valence-corrected chi connectivity index (χ3v) is 2.49. The monoisotopic (exact) mass is 289 g/mol. The summed E-state index contributed by atoms with van der Waals surface area (Å²) in [6.07, 6.45) is -0.285. The second-order valence-electron chi connectivity index (χ2n) is 3.94. The topological polar surface area (TPSA) is 139 Å². The van der Waals surface area contributed by atoms with Crippen molar-refractivity contribution >= 4 is 23.9 Å². The molecule has 9 nitrogen and oxygen atoms in total. The van der Waals surface area contributed by atoms with Gasteiger partial charge in [-0.05, 0) is 13.3 Å². The van der Waals surface area contributed by atoms with E-state index in [0.29, 0.717) is 0 Å². The Labute approximate surface area is 116 Å². The predicted molar refractivity (Wildman–Crippen MR) is 67.6 cm³/mol. The molecule has 9 heteroatoms. The van der Waals surface area contributed by atoms with E-state index in [0.717, 1.165) is 4.90 Å². The Morgan fingerprint density at radius 2 is 1.95 bits per heavy atom. The van der Waals surface area contributed by atoms with Gasteiger partial charge in [0.1, 0.15) is 12.6 Å². The van der Waals surface area contributed by atoms with E-state index in [4.69, 9.17) is 10.8 Å². The van der Waals surface area contributed by atoms with Crippen LogP contribution < -0.4 is 11.1 Å². The van der Waals surface area contributed by atoms with Gasteiger partial charge in [-0.15, -0.1) is 0 Å². The summed E-state index contributed by atoms with van der Waals surface area (Å²) in [5.41, 5.74) is 4.93. The first kappa shape index (κ1) is 17.7. The van der Waals surface area contributed by atoms with Crippen LogP contribution in [-0.2, 0) is 19.1 Å². The highest BCUT2D eigenvalue weighted by atomic mass is 16.5. The first-order valence-electron chi connectivity index (χ1n) is 5.95. The van der Waals surface area contributed by atoms with Crippen molar-refractivity contribution in [3.05, 3.63) is 0 Å². The molecule has 0 aromatic carbocycles. The van der Waals surface area contributed by atoms with Gasteiger partial charge >= 0.3 is 18.0 Å². The van der Waals surface area contributed by atoms with Gasteiger partial charge < -0.3 is 25.8 Å². The second-order valence-corrected chi connectivity index (χ2v) is 3.94. The van der Waals surface area contributed by atoms with Crippen LogP contribution in [0.5, 0.6) is 0 Å². The van der Waals surface area contributed by atoms with Gasteiger partial charge in [-0.2, -0.15) is 0 Å². The molecule has 4 N–H and O–H groups in total. The number of methoxy groups -OCH3 is 1. The number of rotatable bonds is 8. The van der Waals surface area contributed by atoms with E-state index in [1.165, 1.54) is 7.11 Å². The number of nitrogens with one attached hydrogen (secondary N) is 1. The number of primary amides is 1. The molecule has 0 saturated carbocycles. The molecule has 0 aromatic heterocycles. The number of carbonyl (C=O) groups is 4. The number of ether oxygens (including phenoxy) is 1. The number of carboxylic acids is 1. The molecular weight excluding hydrogens is 270 g/mol. The van der Waals surface area contributed by atoms with Gasteiger partial charge in [0, 0.05) is 13.0 Å². The van der Waals surface area contributed by atoms with Gasteiger partial charge in [-0.3, -0.25) is 9.59 Å². The van der Waals surface area contributed by atoms with Crippen molar-refractivity contribution in [1.82, 2.24) is 10.2 Å². The van der Waals surface area contributed by atoms with Gasteiger partial charge in [0.05, 0.1) is 7.11 Å². The minimum Gasteiger partial charge on any atom is -0.480 e. The van der Waals surface area contributed by atoms with Crippen LogP contribution in [0.2, 0.25) is 0 Å². The molecule has 0 radical (unpaired) electrons. The fraction of sp³-hybridized carbons (Fsp3) is 0.636. The van der Waals surface area contributed by atoms with Gasteiger partial charge in [0.15, 0.2) is 0 Å². The van der Waals surface area contributed by atoms with Crippen molar-refractivity contribution in [2.24, 2.45) is 5.73 Å². The number of aliphatic carboxylic acids is 1. The number of nitrogens with zero attached hydrogens (tertiary/aromatic N) is 1. The zero-order chi connectivity index (χ0) is 15.7. The molecule has 0 saturated heterocycles. The first-order valence-corrected chi connectivity index (χ1v) is 5.95. The molecule has 0 unspecified atom stereocenters. The fourth-order valence-corrected chi connectivity index (χ4v) is 1.33. The molecule has 0 heterocycles. The Bertz CT molecular complexity index is 384. The molecule has 114 valence electrons. The lowest BCUT2D eigenvalue weighted by Gasteiger charge is -2.22. The number of carbonyl (C=O) groups excluding carboxylic acids is 3. The van der Waals surface area contributed by atoms with Crippen LogP contribution in [-0.4, -0.2) is 60.1 Å². The number of hydrogen-bond acceptors (Lipinski definition) is 5. The van der Waals surface area contributed by atoms with Crippen molar-refractivity contribution in [1.29, 1.82) is 0 Å². The van der Waals surface area contributed by atoms with Crippen molar-refractivity contribution in [2.75, 3.05) is 20.2 Å². The van der Waals surface area contributed by atoms with Crippen LogP contribution >= 0.6 is 0 Å². The number of urea groups is 1. The van der Waals surface area contributed by atoms with Crippen molar-refractivity contribution in [3.63, 3.8) is 0 Å². The molecule has 0 aromatic rings. The highest BCUT2D eigenvalue weighted by molar-refractivity contribution is 5.85. The number of nitrogens with two attached hydrogens (primary N) is 1. The smallest absolute Gasteiger partial charge is 0.326 e. The van der Waals surface area contributed by atoms with Crippen LogP contribution in [0.25, 0.3) is 0 Å². The maximum atomic E-state index is 11.8. The Kier molecular flexibility index (Phi) is 7.71. The van der Waals surface area contributed by atoms with Crippen LogP contribution in [0.4, 0.5) is 4.79 Å². The number of esters is 1. The molecule has 0 aliphatic heterocycles. The molecule has 0 rings (SSSR count). The first-order chi connectivity index (χ1) is 9.31. The summed E-state index contributed by atoms with van der Waals surface area (Å²) in [6, 6.07) is -1.98. The number of hydrogen-bond donors (Lipinski definition) is 3. The predicted octanol–water partition coefficient (Wildman–Crippen LogP) is -1.09. The van der Waals surface area contributed by atoms with Gasteiger partial charge in [0.25, 0.3) is 0 Å². The van der Waals surface area contributed by atoms with E-state index in [1.807, 2.05) is 0 Å². The molecule has 1 atom stereocenters. The summed E-state index contributed by atoms with van der Waals surface area (Å²) in [6.45, 7) is 1.53. The Morgan fingerprint density at radius 3 is 2.35 bits per heavy atom. The standard InChI is InChI=1S/C11H19N3O6/c1-3-14(6-9(16)20-2)11(19)13-7(10(17)18)4-5-8(12)15/h7H,3-6H2,1-2H3,(H2,12,15)(H,13,19)(H,17,18)/t7-/m0/s1. The van der Waals surface area contributed by atoms with E-state index in [1.54, 1.807) is 6.92 Å². The lowest BCUT2D eigenvalue weighted by Crippen LogP contribution is -2.49. The molecule has 0 aliphatic rings. The van der Waals surface area contributed by atoms with Gasteiger partial charge in [-0.25, -0.2) is 9.59 Å². The Hall–Kier alpha value is -2.32. The van der Waals surface area contributed by atoms with E-state index in [9.17, 15) is 19.2 Å². The summed E-state index contributed by atoms with van der Waals surface area (Å²) >= 11 is 0. The molecule has 20 heavy (non-hydrogen) atoms. The summed E-state index contributed by atoms with van der Waals surface area (Å²) in [4.78, 5) is 45.6. The van der Waals surface area contributed by atoms with Crippen LogP contribution in [0.15, 0.2) is 0 Å². The Balaban J connectivity index is 4.59. The minimum atomic E-state index is -1.28. The maximum absolute atomic E-state index is 11.8. The van der Waals surface area contributed by atoms with Crippen LogP contribution in [0.3, 0.4) is 0 Å². The third kappa shape index (κ3) is 6.57. The lowest BCUT2D eigenvalue weighted by atomic mass is 10.1. The van der Waals surface area contributed by atoms with Crippen molar-refractivity contribution < 1.29 is 29.0 Å². The number of likely N-dealkylation sites (N-methyl/N-ethyl adjacent to an activating group) is 1. The molecule has 0 fully saturated rings.